The van der Waals surface area contributed by atoms with E-state index < -0.39 is 0 Å². The minimum atomic E-state index is -0.372. The predicted octanol–water partition coefficient (Wildman–Crippen LogP) is 2.39. The van der Waals surface area contributed by atoms with E-state index in [0.29, 0.717) is 29.7 Å². The second-order valence-corrected chi connectivity index (χ2v) is 4.91. The summed E-state index contributed by atoms with van der Waals surface area (Å²) in [6.07, 6.45) is 4.33. The van der Waals surface area contributed by atoms with E-state index in [-0.39, 0.29) is 5.97 Å². The van der Waals surface area contributed by atoms with Crippen molar-refractivity contribution in [2.24, 2.45) is 0 Å². The van der Waals surface area contributed by atoms with Crippen LogP contribution in [0.25, 0.3) is 0 Å². The van der Waals surface area contributed by atoms with Crippen molar-refractivity contribution in [2.75, 3.05) is 26.1 Å². The molecule has 0 aromatic heterocycles. The lowest BCUT2D eigenvalue weighted by atomic mass is 10.1. The number of carbonyl (C=O) groups is 1. The van der Waals surface area contributed by atoms with Crippen molar-refractivity contribution in [1.82, 2.24) is 0 Å². The third-order valence-corrected chi connectivity index (χ3v) is 3.33. The molecule has 0 radical (unpaired) electrons. The summed E-state index contributed by atoms with van der Waals surface area (Å²) in [4.78, 5) is 11.9. The average Bonchev–Trinajstić information content (AvgIpc) is 2.95. The van der Waals surface area contributed by atoms with Gasteiger partial charge >= 0.3 is 5.97 Å². The molecule has 1 saturated heterocycles. The van der Waals surface area contributed by atoms with E-state index in [1.54, 1.807) is 18.2 Å². The highest BCUT2D eigenvalue weighted by atomic mass is 16.5. The molecule has 1 atom stereocenters. The van der Waals surface area contributed by atoms with Crippen LogP contribution in [0.1, 0.15) is 36.0 Å². The van der Waals surface area contributed by atoms with E-state index in [4.69, 9.17) is 19.9 Å². The lowest BCUT2D eigenvalue weighted by molar-refractivity contribution is 0.0461. The minimum absolute atomic E-state index is 0.334. The minimum Gasteiger partial charge on any atom is -0.497 e. The van der Waals surface area contributed by atoms with Gasteiger partial charge in [0.05, 0.1) is 25.4 Å². The summed E-state index contributed by atoms with van der Waals surface area (Å²) >= 11 is 0. The molecule has 0 amide bonds. The van der Waals surface area contributed by atoms with Crippen molar-refractivity contribution in [2.45, 2.75) is 31.8 Å². The molecule has 110 valence electrons. The molecule has 2 N–H and O–H groups in total. The fourth-order valence-corrected chi connectivity index (χ4v) is 2.29. The van der Waals surface area contributed by atoms with Crippen LogP contribution in [-0.4, -0.2) is 32.4 Å². The summed E-state index contributed by atoms with van der Waals surface area (Å²) in [5.41, 5.74) is 6.60. The fourth-order valence-electron chi connectivity index (χ4n) is 2.29. The van der Waals surface area contributed by atoms with Gasteiger partial charge in [-0.3, -0.25) is 0 Å². The molecule has 1 unspecified atom stereocenters. The van der Waals surface area contributed by atoms with Crippen molar-refractivity contribution < 1.29 is 19.0 Å². The van der Waals surface area contributed by atoms with Crippen LogP contribution >= 0.6 is 0 Å². The van der Waals surface area contributed by atoms with Gasteiger partial charge in [-0.1, -0.05) is 0 Å². The Morgan fingerprint density at radius 1 is 1.45 bits per heavy atom. The van der Waals surface area contributed by atoms with Gasteiger partial charge in [-0.25, -0.2) is 4.79 Å². The Balaban J connectivity index is 1.77. The summed E-state index contributed by atoms with van der Waals surface area (Å²) in [5, 5.41) is 0. The molecular weight excluding hydrogens is 258 g/mol. The van der Waals surface area contributed by atoms with Crippen LogP contribution in [0, 0.1) is 0 Å². The highest BCUT2D eigenvalue weighted by molar-refractivity contribution is 5.91. The summed E-state index contributed by atoms with van der Waals surface area (Å²) in [5.74, 6) is 0.180. The molecule has 5 nitrogen and oxygen atoms in total. The van der Waals surface area contributed by atoms with E-state index >= 15 is 0 Å². The molecule has 1 heterocycles. The number of rotatable bonds is 6. The van der Waals surface area contributed by atoms with Gasteiger partial charge in [-0.15, -0.1) is 0 Å². The number of ether oxygens (including phenoxy) is 3. The van der Waals surface area contributed by atoms with Crippen LogP contribution in [0.15, 0.2) is 18.2 Å². The molecule has 2 rings (SSSR count). The first-order valence-corrected chi connectivity index (χ1v) is 6.92. The monoisotopic (exact) mass is 279 g/mol. The van der Waals surface area contributed by atoms with Gasteiger partial charge in [-0.2, -0.15) is 0 Å². The Bertz CT molecular complexity index is 455. The summed E-state index contributed by atoms with van der Waals surface area (Å²) in [6, 6.07) is 4.87. The molecule has 0 bridgehead atoms. The molecule has 1 aliphatic heterocycles. The largest absolute Gasteiger partial charge is 0.497 e. The smallest absolute Gasteiger partial charge is 0.338 e. The predicted molar refractivity (Wildman–Crippen MR) is 75.9 cm³/mol. The van der Waals surface area contributed by atoms with Crippen LogP contribution in [0.2, 0.25) is 0 Å². The third-order valence-electron chi connectivity index (χ3n) is 3.33. The van der Waals surface area contributed by atoms with Gasteiger partial charge in [0.15, 0.2) is 0 Å². The van der Waals surface area contributed by atoms with Gasteiger partial charge in [0.1, 0.15) is 5.75 Å². The van der Waals surface area contributed by atoms with Gasteiger partial charge in [-0.05, 0) is 37.8 Å². The first-order chi connectivity index (χ1) is 9.69. The normalized spacial score (nSPS) is 17.9. The average molecular weight is 279 g/mol. The Morgan fingerprint density at radius 3 is 3.00 bits per heavy atom. The van der Waals surface area contributed by atoms with E-state index in [1.807, 2.05) is 0 Å². The van der Waals surface area contributed by atoms with Gasteiger partial charge in [0.2, 0.25) is 0 Å². The fraction of sp³-hybridized carbons (Fsp3) is 0.533. The van der Waals surface area contributed by atoms with E-state index in [0.717, 1.165) is 32.3 Å². The summed E-state index contributed by atoms with van der Waals surface area (Å²) in [7, 11) is 1.53. The number of benzene rings is 1. The highest BCUT2D eigenvalue weighted by Gasteiger charge is 2.15. The van der Waals surface area contributed by atoms with Crippen molar-refractivity contribution >= 4 is 11.7 Å². The number of hydrogen-bond donors (Lipinski definition) is 1. The first-order valence-electron chi connectivity index (χ1n) is 6.92. The maximum atomic E-state index is 11.9. The maximum absolute atomic E-state index is 11.9. The van der Waals surface area contributed by atoms with Crippen molar-refractivity contribution in [3.05, 3.63) is 23.8 Å². The van der Waals surface area contributed by atoms with E-state index in [1.165, 1.54) is 7.11 Å². The zero-order chi connectivity index (χ0) is 14.4. The zero-order valence-corrected chi connectivity index (χ0v) is 11.8. The lowest BCUT2D eigenvalue weighted by Gasteiger charge is -2.10. The van der Waals surface area contributed by atoms with Crippen LogP contribution < -0.4 is 10.5 Å². The second-order valence-electron chi connectivity index (χ2n) is 4.91. The van der Waals surface area contributed by atoms with Gasteiger partial charge in [0.25, 0.3) is 0 Å². The standard InChI is InChI=1S/C15H21NO4/c1-18-14-9-11(8-12(16)10-14)15(17)20-7-3-5-13-4-2-6-19-13/h8-10,13H,2-7,16H2,1H3. The van der Waals surface area contributed by atoms with Crippen molar-refractivity contribution in [3.8, 4) is 5.75 Å². The second kappa shape index (κ2) is 7.14. The number of nitrogen functional groups attached to an aromatic ring is 1. The number of nitrogens with two attached hydrogens (primary N) is 1. The molecule has 1 aromatic rings. The van der Waals surface area contributed by atoms with Crippen LogP contribution in [-0.2, 0) is 9.47 Å². The van der Waals surface area contributed by atoms with Crippen LogP contribution in [0.4, 0.5) is 5.69 Å². The molecule has 1 fully saturated rings. The Labute approximate surface area is 119 Å². The number of esters is 1. The molecule has 0 saturated carbocycles. The summed E-state index contributed by atoms with van der Waals surface area (Å²) < 4.78 is 15.8. The number of carbonyl (C=O) groups excluding carboxylic acids is 1. The maximum Gasteiger partial charge on any atom is 0.338 e. The van der Waals surface area contributed by atoms with Crippen LogP contribution in [0.5, 0.6) is 5.75 Å². The van der Waals surface area contributed by atoms with Crippen LogP contribution in [0.3, 0.4) is 0 Å². The molecule has 0 spiro atoms. The van der Waals surface area contributed by atoms with Gasteiger partial charge in [0, 0.05) is 18.4 Å². The van der Waals surface area contributed by atoms with Gasteiger partial charge < -0.3 is 19.9 Å². The number of methoxy groups -OCH3 is 1. The molecule has 1 aliphatic rings. The Kier molecular flexibility index (Phi) is 5.24. The lowest BCUT2D eigenvalue weighted by Crippen LogP contribution is -2.10. The molecular formula is C15H21NO4. The molecule has 1 aromatic carbocycles. The molecule has 20 heavy (non-hydrogen) atoms. The molecule has 5 heteroatoms. The van der Waals surface area contributed by atoms with E-state index in [9.17, 15) is 4.79 Å². The number of anilines is 1. The highest BCUT2D eigenvalue weighted by Crippen LogP contribution is 2.20. The first kappa shape index (κ1) is 14.7. The quantitative estimate of drug-likeness (QED) is 0.492. The van der Waals surface area contributed by atoms with E-state index in [2.05, 4.69) is 0 Å². The summed E-state index contributed by atoms with van der Waals surface area (Å²) in [6.45, 7) is 1.25. The number of hydrogen-bond acceptors (Lipinski definition) is 5. The zero-order valence-electron chi connectivity index (χ0n) is 11.8. The van der Waals surface area contributed by atoms with Crippen molar-refractivity contribution in [1.29, 1.82) is 0 Å². The molecule has 0 aliphatic carbocycles. The third kappa shape index (κ3) is 4.13. The Hall–Kier alpha value is -1.75. The van der Waals surface area contributed by atoms with Crippen molar-refractivity contribution in [3.63, 3.8) is 0 Å². The topological polar surface area (TPSA) is 70.8 Å². The SMILES string of the molecule is COc1cc(N)cc(C(=O)OCCCC2CCCO2)c1. The Morgan fingerprint density at radius 2 is 2.30 bits per heavy atom.